The summed E-state index contributed by atoms with van der Waals surface area (Å²) in [5.41, 5.74) is 0. The minimum Gasteiger partial charge on any atom is -0.314 e. The van der Waals surface area contributed by atoms with Gasteiger partial charge in [-0.3, -0.25) is 0 Å². The fraction of sp³-hybridized carbons (Fsp3) is 1.00. The van der Waals surface area contributed by atoms with Gasteiger partial charge in [-0.15, -0.1) is 0 Å². The molecule has 0 aromatic heterocycles. The number of nitrogens with one attached hydrogen (secondary N) is 2. The molecular weight excluding hydrogens is 212 g/mol. The lowest BCUT2D eigenvalue weighted by Crippen LogP contribution is -2.37. The van der Waals surface area contributed by atoms with Crippen molar-refractivity contribution in [1.82, 2.24) is 10.0 Å². The zero-order valence-electron chi connectivity index (χ0n) is 9.46. The Bertz CT molecular complexity index is 259. The summed E-state index contributed by atoms with van der Waals surface area (Å²) in [4.78, 5) is 0. The van der Waals surface area contributed by atoms with Gasteiger partial charge in [-0.2, -0.15) is 0 Å². The van der Waals surface area contributed by atoms with E-state index < -0.39 is 10.0 Å². The molecule has 2 N–H and O–H groups in total. The van der Waals surface area contributed by atoms with Gasteiger partial charge in [0.2, 0.25) is 10.0 Å². The number of rotatable bonds is 6. The first-order valence-corrected chi connectivity index (χ1v) is 7.50. The Hall–Kier alpha value is -0.130. The van der Waals surface area contributed by atoms with Crippen molar-refractivity contribution in [3.8, 4) is 0 Å². The molecule has 1 heterocycles. The first-order valence-electron chi connectivity index (χ1n) is 5.85. The SMILES string of the molecule is CCCNS(=O)(=O)CCC1CCCCN1. The van der Waals surface area contributed by atoms with Crippen LogP contribution in [0, 0.1) is 0 Å². The highest BCUT2D eigenvalue weighted by molar-refractivity contribution is 7.89. The largest absolute Gasteiger partial charge is 0.314 e. The van der Waals surface area contributed by atoms with Gasteiger partial charge in [0, 0.05) is 12.6 Å². The van der Waals surface area contributed by atoms with Gasteiger partial charge in [0.1, 0.15) is 0 Å². The standard InChI is InChI=1S/C10H22N2O2S/c1-2-7-12-15(13,14)9-6-10-5-3-4-8-11-10/h10-12H,2-9H2,1H3. The average Bonchev–Trinajstić information content (AvgIpc) is 2.25. The van der Waals surface area contributed by atoms with Crippen LogP contribution in [0.15, 0.2) is 0 Å². The maximum absolute atomic E-state index is 11.5. The van der Waals surface area contributed by atoms with Gasteiger partial charge in [-0.25, -0.2) is 13.1 Å². The fourth-order valence-corrected chi connectivity index (χ4v) is 3.05. The van der Waals surface area contributed by atoms with E-state index in [1.54, 1.807) is 0 Å². The Morgan fingerprint density at radius 2 is 2.20 bits per heavy atom. The van der Waals surface area contributed by atoms with Crippen molar-refractivity contribution in [2.45, 2.75) is 45.1 Å². The Morgan fingerprint density at radius 1 is 1.40 bits per heavy atom. The molecule has 0 aromatic rings. The molecule has 90 valence electrons. The van der Waals surface area contributed by atoms with Crippen molar-refractivity contribution in [2.75, 3.05) is 18.8 Å². The van der Waals surface area contributed by atoms with Crippen molar-refractivity contribution in [2.24, 2.45) is 0 Å². The molecular formula is C10H22N2O2S. The molecule has 1 aliphatic rings. The quantitative estimate of drug-likeness (QED) is 0.716. The lowest BCUT2D eigenvalue weighted by atomic mass is 10.0. The maximum Gasteiger partial charge on any atom is 0.211 e. The van der Waals surface area contributed by atoms with Gasteiger partial charge in [0.25, 0.3) is 0 Å². The van der Waals surface area contributed by atoms with Crippen LogP contribution in [0.25, 0.3) is 0 Å². The van der Waals surface area contributed by atoms with E-state index in [1.807, 2.05) is 6.92 Å². The molecule has 0 amide bonds. The van der Waals surface area contributed by atoms with Crippen molar-refractivity contribution < 1.29 is 8.42 Å². The van der Waals surface area contributed by atoms with E-state index in [0.717, 1.165) is 25.8 Å². The van der Waals surface area contributed by atoms with Gasteiger partial charge < -0.3 is 5.32 Å². The third-order valence-electron chi connectivity index (χ3n) is 2.72. The molecule has 0 spiro atoms. The lowest BCUT2D eigenvalue weighted by Gasteiger charge is -2.23. The number of piperidine rings is 1. The van der Waals surface area contributed by atoms with E-state index in [1.165, 1.54) is 12.8 Å². The number of hydrogen-bond acceptors (Lipinski definition) is 3. The zero-order valence-corrected chi connectivity index (χ0v) is 10.3. The Balaban J connectivity index is 2.22. The normalized spacial score (nSPS) is 22.9. The van der Waals surface area contributed by atoms with Crippen molar-refractivity contribution >= 4 is 10.0 Å². The van der Waals surface area contributed by atoms with E-state index in [4.69, 9.17) is 0 Å². The highest BCUT2D eigenvalue weighted by Crippen LogP contribution is 2.10. The van der Waals surface area contributed by atoms with Gasteiger partial charge in [-0.05, 0) is 32.2 Å². The third-order valence-corrected chi connectivity index (χ3v) is 4.14. The highest BCUT2D eigenvalue weighted by Gasteiger charge is 2.16. The first kappa shape index (κ1) is 12.9. The molecule has 5 heteroatoms. The van der Waals surface area contributed by atoms with E-state index in [9.17, 15) is 8.42 Å². The average molecular weight is 234 g/mol. The molecule has 0 aliphatic carbocycles. The van der Waals surface area contributed by atoms with Gasteiger partial charge in [0.15, 0.2) is 0 Å². The molecule has 0 bridgehead atoms. The molecule has 1 aliphatic heterocycles. The van der Waals surface area contributed by atoms with Crippen LogP contribution < -0.4 is 10.0 Å². The molecule has 0 radical (unpaired) electrons. The number of hydrogen-bond donors (Lipinski definition) is 2. The summed E-state index contributed by atoms with van der Waals surface area (Å²) in [5.74, 6) is 0.255. The molecule has 15 heavy (non-hydrogen) atoms. The first-order chi connectivity index (χ1) is 7.14. The maximum atomic E-state index is 11.5. The van der Waals surface area contributed by atoms with Crippen LogP contribution in [0.2, 0.25) is 0 Å². The van der Waals surface area contributed by atoms with E-state index >= 15 is 0 Å². The number of sulfonamides is 1. The molecule has 0 aromatic carbocycles. The van der Waals surface area contributed by atoms with Crippen molar-refractivity contribution in [3.05, 3.63) is 0 Å². The van der Waals surface area contributed by atoms with Crippen LogP contribution in [-0.2, 0) is 10.0 Å². The summed E-state index contributed by atoms with van der Waals surface area (Å²) in [6.07, 6.45) is 5.14. The van der Waals surface area contributed by atoms with Gasteiger partial charge >= 0.3 is 0 Å². The molecule has 1 unspecified atom stereocenters. The van der Waals surface area contributed by atoms with E-state index in [-0.39, 0.29) is 5.75 Å². The minimum atomic E-state index is -3.03. The van der Waals surface area contributed by atoms with Crippen LogP contribution in [0.5, 0.6) is 0 Å². The van der Waals surface area contributed by atoms with Gasteiger partial charge in [0.05, 0.1) is 5.75 Å². The Morgan fingerprint density at radius 3 is 2.80 bits per heavy atom. The van der Waals surface area contributed by atoms with Crippen LogP contribution in [-0.4, -0.2) is 33.3 Å². The summed E-state index contributed by atoms with van der Waals surface area (Å²) < 4.78 is 25.6. The molecule has 0 saturated carbocycles. The Kier molecular flexibility index (Phi) is 5.56. The monoisotopic (exact) mass is 234 g/mol. The predicted octanol–water partition coefficient (Wildman–Crippen LogP) is 0.848. The molecule has 1 rings (SSSR count). The Labute approximate surface area is 92.9 Å². The van der Waals surface area contributed by atoms with Gasteiger partial charge in [-0.1, -0.05) is 13.3 Å². The second-order valence-electron chi connectivity index (χ2n) is 4.15. The highest BCUT2D eigenvalue weighted by atomic mass is 32.2. The second kappa shape index (κ2) is 6.45. The summed E-state index contributed by atoms with van der Waals surface area (Å²) in [5, 5.41) is 3.36. The van der Waals surface area contributed by atoms with Crippen molar-refractivity contribution in [1.29, 1.82) is 0 Å². The predicted molar refractivity (Wildman–Crippen MR) is 62.3 cm³/mol. The molecule has 4 nitrogen and oxygen atoms in total. The lowest BCUT2D eigenvalue weighted by molar-refractivity contribution is 0.392. The fourth-order valence-electron chi connectivity index (χ4n) is 1.80. The smallest absolute Gasteiger partial charge is 0.211 e. The van der Waals surface area contributed by atoms with E-state index in [0.29, 0.717) is 12.6 Å². The van der Waals surface area contributed by atoms with Crippen LogP contribution in [0.1, 0.15) is 39.0 Å². The summed E-state index contributed by atoms with van der Waals surface area (Å²) in [7, 11) is -3.03. The second-order valence-corrected chi connectivity index (χ2v) is 6.08. The van der Waals surface area contributed by atoms with Crippen molar-refractivity contribution in [3.63, 3.8) is 0 Å². The molecule has 1 atom stereocenters. The third kappa shape index (κ3) is 5.49. The summed E-state index contributed by atoms with van der Waals surface area (Å²) >= 11 is 0. The summed E-state index contributed by atoms with van der Waals surface area (Å²) in [6.45, 7) is 3.55. The molecule has 1 fully saturated rings. The van der Waals surface area contributed by atoms with Crippen LogP contribution in [0.4, 0.5) is 0 Å². The zero-order chi connectivity index (χ0) is 11.1. The van der Waals surface area contributed by atoms with Crippen LogP contribution >= 0.6 is 0 Å². The topological polar surface area (TPSA) is 58.2 Å². The summed E-state index contributed by atoms with van der Waals surface area (Å²) in [6, 6.07) is 0.400. The van der Waals surface area contributed by atoms with Crippen LogP contribution in [0.3, 0.4) is 0 Å². The molecule has 1 saturated heterocycles. The van der Waals surface area contributed by atoms with E-state index in [2.05, 4.69) is 10.0 Å². The minimum absolute atomic E-state index is 0.255.